The van der Waals surface area contributed by atoms with Crippen molar-refractivity contribution in [2.45, 2.75) is 13.0 Å². The summed E-state index contributed by atoms with van der Waals surface area (Å²) in [5.41, 5.74) is 7.47. The molecule has 0 amide bonds. The minimum absolute atomic E-state index is 0.196. The highest BCUT2D eigenvalue weighted by molar-refractivity contribution is 5.41. The van der Waals surface area contributed by atoms with Crippen LogP contribution in [0, 0.1) is 5.82 Å². The molecular formula is C17H21FN2O. The Labute approximate surface area is 125 Å². The molecule has 2 aromatic rings. The molecule has 0 aliphatic carbocycles. The van der Waals surface area contributed by atoms with Crippen LogP contribution in [0.15, 0.2) is 48.5 Å². The standard InChI is InChI=1S/C17H21FN2O/c1-20(13-14-3-5-15(18)6-4-14)11-2-12-21-17-9-7-16(19)8-10-17/h3-10H,2,11-13,19H2,1H3. The lowest BCUT2D eigenvalue weighted by molar-refractivity contribution is 0.259. The van der Waals surface area contributed by atoms with Crippen molar-refractivity contribution in [2.24, 2.45) is 0 Å². The first-order valence-electron chi connectivity index (χ1n) is 7.05. The van der Waals surface area contributed by atoms with Crippen LogP contribution in [0.2, 0.25) is 0 Å². The largest absolute Gasteiger partial charge is 0.494 e. The van der Waals surface area contributed by atoms with Crippen LogP contribution in [0.5, 0.6) is 5.75 Å². The normalized spacial score (nSPS) is 10.8. The third-order valence-corrected chi connectivity index (χ3v) is 3.20. The number of anilines is 1. The monoisotopic (exact) mass is 288 g/mol. The van der Waals surface area contributed by atoms with E-state index in [-0.39, 0.29) is 5.82 Å². The van der Waals surface area contributed by atoms with Gasteiger partial charge in [-0.25, -0.2) is 4.39 Å². The lowest BCUT2D eigenvalue weighted by Gasteiger charge is -2.16. The molecule has 0 spiro atoms. The van der Waals surface area contributed by atoms with Gasteiger partial charge in [0.15, 0.2) is 0 Å². The second kappa shape index (κ2) is 7.64. The van der Waals surface area contributed by atoms with E-state index in [1.54, 1.807) is 0 Å². The maximum absolute atomic E-state index is 12.8. The maximum atomic E-state index is 12.8. The highest BCUT2D eigenvalue weighted by Crippen LogP contribution is 2.13. The van der Waals surface area contributed by atoms with Crippen molar-refractivity contribution in [1.29, 1.82) is 0 Å². The fraction of sp³-hybridized carbons (Fsp3) is 0.294. The van der Waals surface area contributed by atoms with E-state index >= 15 is 0 Å². The third kappa shape index (κ3) is 5.44. The van der Waals surface area contributed by atoms with Crippen molar-refractivity contribution in [2.75, 3.05) is 25.9 Å². The van der Waals surface area contributed by atoms with Crippen molar-refractivity contribution in [1.82, 2.24) is 4.90 Å². The second-order valence-electron chi connectivity index (χ2n) is 5.14. The van der Waals surface area contributed by atoms with Crippen LogP contribution in [0.4, 0.5) is 10.1 Å². The lowest BCUT2D eigenvalue weighted by atomic mass is 10.2. The summed E-state index contributed by atoms with van der Waals surface area (Å²) in [7, 11) is 2.05. The number of rotatable bonds is 7. The lowest BCUT2D eigenvalue weighted by Crippen LogP contribution is -2.20. The summed E-state index contributed by atoms with van der Waals surface area (Å²) in [5, 5.41) is 0. The number of nitrogens with zero attached hydrogens (tertiary/aromatic N) is 1. The summed E-state index contributed by atoms with van der Waals surface area (Å²) < 4.78 is 18.5. The average molecular weight is 288 g/mol. The Kier molecular flexibility index (Phi) is 5.58. The van der Waals surface area contributed by atoms with Crippen molar-refractivity contribution in [3.05, 3.63) is 59.9 Å². The van der Waals surface area contributed by atoms with Crippen molar-refractivity contribution in [3.63, 3.8) is 0 Å². The van der Waals surface area contributed by atoms with Gasteiger partial charge >= 0.3 is 0 Å². The summed E-state index contributed by atoms with van der Waals surface area (Å²) in [6.07, 6.45) is 0.933. The third-order valence-electron chi connectivity index (χ3n) is 3.20. The van der Waals surface area contributed by atoms with E-state index in [0.29, 0.717) is 6.61 Å². The molecule has 2 N–H and O–H groups in total. The topological polar surface area (TPSA) is 38.5 Å². The minimum Gasteiger partial charge on any atom is -0.494 e. The number of hydrogen-bond acceptors (Lipinski definition) is 3. The number of nitrogens with two attached hydrogens (primary N) is 1. The van der Waals surface area contributed by atoms with Gasteiger partial charge in [0, 0.05) is 18.8 Å². The van der Waals surface area contributed by atoms with E-state index in [4.69, 9.17) is 10.5 Å². The van der Waals surface area contributed by atoms with Gasteiger partial charge in [-0.2, -0.15) is 0 Å². The number of benzene rings is 2. The second-order valence-corrected chi connectivity index (χ2v) is 5.14. The quantitative estimate of drug-likeness (QED) is 0.627. The zero-order valence-corrected chi connectivity index (χ0v) is 12.3. The van der Waals surface area contributed by atoms with Crippen LogP contribution >= 0.6 is 0 Å². The molecule has 0 saturated heterocycles. The number of nitrogen functional groups attached to an aromatic ring is 1. The Balaban J connectivity index is 1.66. The van der Waals surface area contributed by atoms with Gasteiger partial charge in [-0.05, 0) is 55.4 Å². The van der Waals surface area contributed by atoms with Gasteiger partial charge < -0.3 is 15.4 Å². The van der Waals surface area contributed by atoms with Crippen LogP contribution in [0.3, 0.4) is 0 Å². The Hall–Kier alpha value is -2.07. The van der Waals surface area contributed by atoms with Gasteiger partial charge in [-0.15, -0.1) is 0 Å². The van der Waals surface area contributed by atoms with Crippen LogP contribution < -0.4 is 10.5 Å². The highest BCUT2D eigenvalue weighted by atomic mass is 19.1. The first kappa shape index (κ1) is 15.3. The summed E-state index contributed by atoms with van der Waals surface area (Å²) >= 11 is 0. The molecule has 2 rings (SSSR count). The SMILES string of the molecule is CN(CCCOc1ccc(N)cc1)Cc1ccc(F)cc1. The van der Waals surface area contributed by atoms with E-state index < -0.39 is 0 Å². The number of ether oxygens (including phenoxy) is 1. The Bertz CT molecular complexity index is 540. The summed E-state index contributed by atoms with van der Waals surface area (Å²) in [4.78, 5) is 2.19. The molecule has 0 aromatic heterocycles. The molecule has 112 valence electrons. The minimum atomic E-state index is -0.196. The summed E-state index contributed by atoms with van der Waals surface area (Å²) in [6.45, 7) is 2.40. The van der Waals surface area contributed by atoms with Gasteiger partial charge in [0.1, 0.15) is 11.6 Å². The summed E-state index contributed by atoms with van der Waals surface area (Å²) in [5.74, 6) is 0.642. The molecule has 0 heterocycles. The number of hydrogen-bond donors (Lipinski definition) is 1. The van der Waals surface area contributed by atoms with Crippen LogP contribution in [0.1, 0.15) is 12.0 Å². The Morgan fingerprint density at radius 3 is 2.38 bits per heavy atom. The molecule has 3 nitrogen and oxygen atoms in total. The van der Waals surface area contributed by atoms with Gasteiger partial charge in [0.05, 0.1) is 6.61 Å². The van der Waals surface area contributed by atoms with Crippen LogP contribution in [-0.2, 0) is 6.54 Å². The molecule has 0 fully saturated rings. The van der Waals surface area contributed by atoms with E-state index in [1.165, 1.54) is 12.1 Å². The molecule has 0 atom stereocenters. The predicted molar refractivity (Wildman–Crippen MR) is 83.7 cm³/mol. The molecule has 4 heteroatoms. The van der Waals surface area contributed by atoms with Crippen LogP contribution in [0.25, 0.3) is 0 Å². The molecule has 0 aliphatic rings. The van der Waals surface area contributed by atoms with Crippen molar-refractivity contribution >= 4 is 5.69 Å². The molecule has 0 unspecified atom stereocenters. The Morgan fingerprint density at radius 1 is 1.05 bits per heavy atom. The first-order valence-corrected chi connectivity index (χ1v) is 7.05. The first-order chi connectivity index (χ1) is 10.1. The van der Waals surface area contributed by atoms with Gasteiger partial charge in [-0.3, -0.25) is 0 Å². The zero-order chi connectivity index (χ0) is 15.1. The Morgan fingerprint density at radius 2 is 1.71 bits per heavy atom. The molecule has 0 saturated carbocycles. The van der Waals surface area contributed by atoms with Crippen molar-refractivity contribution in [3.8, 4) is 5.75 Å². The maximum Gasteiger partial charge on any atom is 0.123 e. The highest BCUT2D eigenvalue weighted by Gasteiger charge is 2.01. The van der Waals surface area contributed by atoms with E-state index in [2.05, 4.69) is 4.90 Å². The van der Waals surface area contributed by atoms with E-state index in [0.717, 1.165) is 36.5 Å². The van der Waals surface area contributed by atoms with E-state index in [9.17, 15) is 4.39 Å². The average Bonchev–Trinajstić information content (AvgIpc) is 2.48. The summed E-state index contributed by atoms with van der Waals surface area (Å²) in [6, 6.07) is 14.0. The molecule has 0 aliphatic heterocycles. The fourth-order valence-corrected chi connectivity index (χ4v) is 2.07. The number of halogens is 1. The van der Waals surface area contributed by atoms with Crippen molar-refractivity contribution < 1.29 is 9.13 Å². The molecule has 2 aromatic carbocycles. The molecular weight excluding hydrogens is 267 g/mol. The zero-order valence-electron chi connectivity index (χ0n) is 12.3. The van der Waals surface area contributed by atoms with Gasteiger partial charge in [-0.1, -0.05) is 12.1 Å². The molecule has 0 bridgehead atoms. The van der Waals surface area contributed by atoms with Gasteiger partial charge in [0.25, 0.3) is 0 Å². The fourth-order valence-electron chi connectivity index (χ4n) is 2.07. The van der Waals surface area contributed by atoms with Crippen LogP contribution in [-0.4, -0.2) is 25.1 Å². The smallest absolute Gasteiger partial charge is 0.123 e. The van der Waals surface area contributed by atoms with Gasteiger partial charge in [0.2, 0.25) is 0 Å². The van der Waals surface area contributed by atoms with E-state index in [1.807, 2.05) is 43.4 Å². The molecule has 0 radical (unpaired) electrons. The predicted octanol–water partition coefficient (Wildman–Crippen LogP) is 3.31. The molecule has 21 heavy (non-hydrogen) atoms.